The van der Waals surface area contributed by atoms with Gasteiger partial charge in [0.2, 0.25) is 0 Å². The summed E-state index contributed by atoms with van der Waals surface area (Å²) >= 11 is 1.37. The Kier molecular flexibility index (Phi) is 2.95. The van der Waals surface area contributed by atoms with Crippen LogP contribution in [0.4, 0.5) is 0 Å². The van der Waals surface area contributed by atoms with Gasteiger partial charge in [-0.25, -0.2) is 4.79 Å². The highest BCUT2D eigenvalue weighted by Crippen LogP contribution is 2.51. The molecule has 0 amide bonds. The highest BCUT2D eigenvalue weighted by Gasteiger charge is 2.70. The van der Waals surface area contributed by atoms with Crippen LogP contribution in [0.25, 0.3) is 0 Å². The lowest BCUT2D eigenvalue weighted by Crippen LogP contribution is -2.60. The van der Waals surface area contributed by atoms with Crippen molar-refractivity contribution in [2.24, 2.45) is 0 Å². The summed E-state index contributed by atoms with van der Waals surface area (Å²) in [6.07, 6.45) is 1.09. The van der Waals surface area contributed by atoms with Crippen LogP contribution in [-0.2, 0) is 14.3 Å². The number of ether oxygens (including phenoxy) is 2. The first-order valence-electron chi connectivity index (χ1n) is 7.39. The minimum Gasteiger partial charge on any atom is -0.460 e. The number of carbonyl (C=O) groups excluding carboxylic acids is 1. The molecule has 3 aliphatic rings. The smallest absolute Gasteiger partial charge is 0.340 e. The van der Waals surface area contributed by atoms with Crippen molar-refractivity contribution in [2.75, 3.05) is 14.1 Å². The van der Waals surface area contributed by atoms with Gasteiger partial charge in [-0.2, -0.15) is 0 Å². The Balaban J connectivity index is 1.42. The molecular weight excluding hydrogens is 290 g/mol. The van der Waals surface area contributed by atoms with E-state index in [9.17, 15) is 9.90 Å². The second-order valence-electron chi connectivity index (χ2n) is 6.78. The first-order chi connectivity index (χ1) is 9.98. The predicted octanol–water partition coefficient (Wildman–Crippen LogP) is 1.08. The molecule has 5 atom stereocenters. The molecule has 2 bridgehead atoms. The molecule has 4 heterocycles. The fraction of sp³-hybridized carbons (Fsp3) is 0.667. The van der Waals surface area contributed by atoms with E-state index >= 15 is 0 Å². The van der Waals surface area contributed by atoms with Crippen LogP contribution in [0.2, 0.25) is 0 Å². The first-order valence-corrected chi connectivity index (χ1v) is 8.27. The number of carbonyl (C=O) groups is 1. The standard InChI is InChI=1S/C15H20NO4S/c1-16(2)9-6-8(7-10(16)14-13(9)20-14)19-15(18)12(17)11-4-3-5-21-11/h3-5,8-10,12-14,17H,6-7H2,1-2H3/q+1. The summed E-state index contributed by atoms with van der Waals surface area (Å²) in [7, 11) is 4.48. The van der Waals surface area contributed by atoms with Crippen molar-refractivity contribution in [1.29, 1.82) is 0 Å². The summed E-state index contributed by atoms with van der Waals surface area (Å²) in [6, 6.07) is 4.39. The molecule has 3 fully saturated rings. The maximum atomic E-state index is 12.1. The number of nitrogens with zero attached hydrogens (tertiary/aromatic N) is 1. The summed E-state index contributed by atoms with van der Waals surface area (Å²) in [5.74, 6) is -0.524. The Bertz CT molecular complexity index is 538. The monoisotopic (exact) mass is 310 g/mol. The van der Waals surface area contributed by atoms with E-state index in [1.807, 2.05) is 11.4 Å². The lowest BCUT2D eigenvalue weighted by atomic mass is 9.96. The van der Waals surface area contributed by atoms with E-state index in [-0.39, 0.29) is 6.10 Å². The van der Waals surface area contributed by atoms with Gasteiger partial charge in [-0.05, 0) is 11.4 Å². The maximum absolute atomic E-state index is 12.1. The van der Waals surface area contributed by atoms with E-state index in [2.05, 4.69) is 14.1 Å². The molecule has 114 valence electrons. The number of aliphatic hydroxyl groups excluding tert-OH is 1. The molecule has 0 saturated carbocycles. The number of hydrogen-bond donors (Lipinski definition) is 1. The van der Waals surface area contributed by atoms with Crippen molar-refractivity contribution in [3.05, 3.63) is 22.4 Å². The topological polar surface area (TPSA) is 59.1 Å². The van der Waals surface area contributed by atoms with Crippen molar-refractivity contribution >= 4 is 17.3 Å². The van der Waals surface area contributed by atoms with Crippen LogP contribution in [0.3, 0.4) is 0 Å². The van der Waals surface area contributed by atoms with Gasteiger partial charge in [0, 0.05) is 17.7 Å². The van der Waals surface area contributed by atoms with E-state index in [4.69, 9.17) is 9.47 Å². The Hall–Kier alpha value is -0.950. The second kappa shape index (κ2) is 4.52. The van der Waals surface area contributed by atoms with Crippen LogP contribution in [0.1, 0.15) is 23.8 Å². The van der Waals surface area contributed by atoms with Crippen molar-refractivity contribution in [3.63, 3.8) is 0 Å². The lowest BCUT2D eigenvalue weighted by molar-refractivity contribution is -0.938. The SMILES string of the molecule is C[N+]1(C)C2CC(OC(=O)C(O)c3cccs3)CC1C1OC12. The van der Waals surface area contributed by atoms with Gasteiger partial charge in [-0.15, -0.1) is 11.3 Å². The molecule has 3 saturated heterocycles. The van der Waals surface area contributed by atoms with Gasteiger partial charge in [-0.3, -0.25) is 0 Å². The van der Waals surface area contributed by atoms with Gasteiger partial charge >= 0.3 is 5.97 Å². The molecule has 6 heteroatoms. The number of aliphatic hydroxyl groups is 1. The normalized spacial score (nSPS) is 40.4. The van der Waals surface area contributed by atoms with Crippen LogP contribution in [0, 0.1) is 0 Å². The van der Waals surface area contributed by atoms with Crippen LogP contribution in [0.5, 0.6) is 0 Å². The minimum absolute atomic E-state index is 0.0929. The second-order valence-corrected chi connectivity index (χ2v) is 7.76. The summed E-state index contributed by atoms with van der Waals surface area (Å²) in [6.45, 7) is 0. The Labute approximate surface area is 127 Å². The number of hydrogen-bond acceptors (Lipinski definition) is 5. The molecule has 1 N–H and O–H groups in total. The van der Waals surface area contributed by atoms with Crippen LogP contribution in [-0.4, -0.2) is 60.0 Å². The fourth-order valence-electron chi connectivity index (χ4n) is 4.09. The third-order valence-corrected chi connectivity index (χ3v) is 6.28. The van der Waals surface area contributed by atoms with E-state index in [0.29, 0.717) is 29.2 Å². The number of thiophene rings is 1. The van der Waals surface area contributed by atoms with E-state index < -0.39 is 12.1 Å². The fourth-order valence-corrected chi connectivity index (χ4v) is 4.79. The van der Waals surface area contributed by atoms with Crippen molar-refractivity contribution < 1.29 is 23.9 Å². The van der Waals surface area contributed by atoms with Gasteiger partial charge in [0.05, 0.1) is 14.1 Å². The van der Waals surface area contributed by atoms with Gasteiger partial charge in [0.15, 0.2) is 6.10 Å². The molecule has 0 radical (unpaired) electrons. The third-order valence-electron chi connectivity index (χ3n) is 5.36. The number of epoxide rings is 1. The number of rotatable bonds is 3. The summed E-state index contributed by atoms with van der Waals surface area (Å²) in [5.41, 5.74) is 0. The number of piperidine rings is 1. The van der Waals surface area contributed by atoms with Gasteiger partial charge < -0.3 is 19.1 Å². The van der Waals surface area contributed by atoms with E-state index in [1.165, 1.54) is 11.3 Å². The maximum Gasteiger partial charge on any atom is 0.340 e. The van der Waals surface area contributed by atoms with E-state index in [1.54, 1.807) is 6.07 Å². The quantitative estimate of drug-likeness (QED) is 0.516. The third kappa shape index (κ3) is 2.04. The number of morpholine rings is 1. The number of fused-ring (bicyclic) bond motifs is 5. The molecule has 3 aliphatic heterocycles. The molecule has 1 aromatic rings. The van der Waals surface area contributed by atoms with Crippen molar-refractivity contribution in [3.8, 4) is 0 Å². The van der Waals surface area contributed by atoms with Crippen LogP contribution >= 0.6 is 11.3 Å². The zero-order valence-corrected chi connectivity index (χ0v) is 13.0. The van der Waals surface area contributed by atoms with Crippen molar-refractivity contribution in [2.45, 2.75) is 49.3 Å². The lowest BCUT2D eigenvalue weighted by Gasteiger charge is -2.45. The zero-order valence-electron chi connectivity index (χ0n) is 12.1. The molecule has 0 spiro atoms. The first kappa shape index (κ1) is 13.7. The van der Waals surface area contributed by atoms with Gasteiger partial charge in [-0.1, -0.05) is 6.07 Å². The summed E-state index contributed by atoms with van der Waals surface area (Å²) in [4.78, 5) is 12.7. The average molecular weight is 310 g/mol. The number of quaternary nitrogens is 1. The number of esters is 1. The van der Waals surface area contributed by atoms with Crippen molar-refractivity contribution in [1.82, 2.24) is 0 Å². The molecule has 0 aromatic carbocycles. The van der Waals surface area contributed by atoms with Gasteiger partial charge in [0.1, 0.15) is 30.4 Å². The van der Waals surface area contributed by atoms with Gasteiger partial charge in [0.25, 0.3) is 0 Å². The average Bonchev–Trinajstić information content (AvgIpc) is 2.98. The molecule has 5 unspecified atom stereocenters. The molecular formula is C15H20NO4S+. The highest BCUT2D eigenvalue weighted by atomic mass is 32.1. The minimum atomic E-state index is -1.15. The molecule has 21 heavy (non-hydrogen) atoms. The number of likely N-dealkylation sites (N-methyl/N-ethyl adjacent to an activating group) is 1. The Morgan fingerprint density at radius 3 is 2.67 bits per heavy atom. The molecule has 4 rings (SSSR count). The molecule has 0 aliphatic carbocycles. The highest BCUT2D eigenvalue weighted by molar-refractivity contribution is 7.10. The zero-order chi connectivity index (χ0) is 14.8. The van der Waals surface area contributed by atoms with Crippen LogP contribution in [0.15, 0.2) is 17.5 Å². The van der Waals surface area contributed by atoms with E-state index in [0.717, 1.165) is 17.3 Å². The van der Waals surface area contributed by atoms with Crippen LogP contribution < -0.4 is 0 Å². The molecule has 1 aromatic heterocycles. The Morgan fingerprint density at radius 2 is 2.10 bits per heavy atom. The summed E-state index contributed by atoms with van der Waals surface area (Å²) < 4.78 is 12.3. The summed E-state index contributed by atoms with van der Waals surface area (Å²) in [5, 5.41) is 11.9. The Morgan fingerprint density at radius 1 is 1.43 bits per heavy atom. The largest absolute Gasteiger partial charge is 0.460 e. The molecule has 5 nitrogen and oxygen atoms in total. The predicted molar refractivity (Wildman–Crippen MR) is 76.7 cm³/mol.